The van der Waals surface area contributed by atoms with Gasteiger partial charge >= 0.3 is 0 Å². The van der Waals surface area contributed by atoms with Gasteiger partial charge in [0, 0.05) is 21.8 Å². The quantitative estimate of drug-likeness (QED) is 0.708. The fourth-order valence-electron chi connectivity index (χ4n) is 2.46. The van der Waals surface area contributed by atoms with E-state index in [-0.39, 0.29) is 0 Å². The standard InChI is InChI=1S/C12H24OS/c1-9(2)14(13)8-12-10(3)6-5-7-11(12)4/h9-12H,5-8H2,1-4H3. The Kier molecular flexibility index (Phi) is 4.62. The van der Waals surface area contributed by atoms with Crippen LogP contribution in [0.4, 0.5) is 0 Å². The molecule has 0 aromatic carbocycles. The zero-order valence-corrected chi connectivity index (χ0v) is 10.8. The summed E-state index contributed by atoms with van der Waals surface area (Å²) >= 11 is 0. The van der Waals surface area contributed by atoms with Crippen molar-refractivity contribution in [1.82, 2.24) is 0 Å². The highest BCUT2D eigenvalue weighted by Gasteiger charge is 2.29. The van der Waals surface area contributed by atoms with Crippen LogP contribution in [0.25, 0.3) is 0 Å². The molecule has 1 fully saturated rings. The van der Waals surface area contributed by atoms with Crippen molar-refractivity contribution in [2.45, 2.75) is 52.2 Å². The second kappa shape index (κ2) is 5.29. The third-order valence-electron chi connectivity index (χ3n) is 3.66. The topological polar surface area (TPSA) is 17.1 Å². The third kappa shape index (κ3) is 3.08. The molecule has 0 saturated heterocycles. The molecule has 3 atom stereocenters. The van der Waals surface area contributed by atoms with Crippen LogP contribution in [0.2, 0.25) is 0 Å². The van der Waals surface area contributed by atoms with Crippen LogP contribution >= 0.6 is 0 Å². The SMILES string of the molecule is CC1CCCC(C)C1CS(=O)C(C)C. The first kappa shape index (κ1) is 12.2. The number of hydrogen-bond acceptors (Lipinski definition) is 1. The molecule has 0 aromatic heterocycles. The lowest BCUT2D eigenvalue weighted by atomic mass is 9.75. The predicted molar refractivity (Wildman–Crippen MR) is 63.8 cm³/mol. The zero-order chi connectivity index (χ0) is 10.7. The lowest BCUT2D eigenvalue weighted by Gasteiger charge is -2.34. The smallest absolute Gasteiger partial charge is 0.0291 e. The van der Waals surface area contributed by atoms with Crippen molar-refractivity contribution in [3.05, 3.63) is 0 Å². The average molecular weight is 216 g/mol. The Hall–Kier alpha value is 0.150. The van der Waals surface area contributed by atoms with E-state index in [1.54, 1.807) is 0 Å². The second-order valence-electron chi connectivity index (χ2n) is 5.15. The van der Waals surface area contributed by atoms with Crippen LogP contribution < -0.4 is 0 Å². The van der Waals surface area contributed by atoms with Gasteiger partial charge in [-0.05, 0) is 17.8 Å². The Bertz CT molecular complexity index is 190. The minimum atomic E-state index is -0.611. The summed E-state index contributed by atoms with van der Waals surface area (Å²) in [7, 11) is -0.611. The van der Waals surface area contributed by atoms with Gasteiger partial charge in [-0.1, -0.05) is 47.0 Å². The van der Waals surface area contributed by atoms with E-state index in [0.29, 0.717) is 11.2 Å². The van der Waals surface area contributed by atoms with Crippen LogP contribution in [0.5, 0.6) is 0 Å². The van der Waals surface area contributed by atoms with Crippen LogP contribution in [-0.4, -0.2) is 15.2 Å². The van der Waals surface area contributed by atoms with Gasteiger partial charge in [0.15, 0.2) is 0 Å². The van der Waals surface area contributed by atoms with E-state index in [0.717, 1.165) is 17.6 Å². The molecule has 1 aliphatic rings. The van der Waals surface area contributed by atoms with Crippen molar-refractivity contribution < 1.29 is 4.21 Å². The summed E-state index contributed by atoms with van der Waals surface area (Å²) in [6, 6.07) is 0. The normalized spacial score (nSPS) is 35.9. The predicted octanol–water partition coefficient (Wildman–Crippen LogP) is 3.22. The van der Waals surface area contributed by atoms with Gasteiger partial charge in [0.1, 0.15) is 0 Å². The summed E-state index contributed by atoms with van der Waals surface area (Å²) in [6.45, 7) is 8.79. The molecule has 0 bridgehead atoms. The highest BCUT2D eigenvalue weighted by molar-refractivity contribution is 7.85. The van der Waals surface area contributed by atoms with Crippen LogP contribution in [0, 0.1) is 17.8 Å². The molecule has 0 radical (unpaired) electrons. The molecule has 1 nitrogen and oxygen atoms in total. The average Bonchev–Trinajstić information content (AvgIpc) is 2.11. The third-order valence-corrected chi connectivity index (χ3v) is 5.43. The van der Waals surface area contributed by atoms with E-state index in [2.05, 4.69) is 27.7 Å². The lowest BCUT2D eigenvalue weighted by Crippen LogP contribution is -2.31. The summed E-state index contributed by atoms with van der Waals surface area (Å²) in [6.07, 6.45) is 4.04. The van der Waals surface area contributed by atoms with E-state index in [4.69, 9.17) is 0 Å². The highest BCUT2D eigenvalue weighted by Crippen LogP contribution is 2.35. The van der Waals surface area contributed by atoms with Gasteiger partial charge in [0.2, 0.25) is 0 Å². The Labute approximate surface area is 91.1 Å². The Morgan fingerprint density at radius 3 is 2.14 bits per heavy atom. The Morgan fingerprint density at radius 1 is 1.21 bits per heavy atom. The fraction of sp³-hybridized carbons (Fsp3) is 1.00. The van der Waals surface area contributed by atoms with Crippen LogP contribution in [0.3, 0.4) is 0 Å². The molecule has 14 heavy (non-hydrogen) atoms. The van der Waals surface area contributed by atoms with Crippen molar-refractivity contribution in [1.29, 1.82) is 0 Å². The van der Waals surface area contributed by atoms with E-state index in [9.17, 15) is 4.21 Å². The molecule has 3 unspecified atom stereocenters. The largest absolute Gasteiger partial charge is 0.259 e. The van der Waals surface area contributed by atoms with Gasteiger partial charge in [-0.15, -0.1) is 0 Å². The minimum Gasteiger partial charge on any atom is -0.259 e. The van der Waals surface area contributed by atoms with Gasteiger partial charge in [-0.2, -0.15) is 0 Å². The molecule has 0 N–H and O–H groups in total. The van der Waals surface area contributed by atoms with Gasteiger partial charge in [-0.25, -0.2) is 0 Å². The second-order valence-corrected chi connectivity index (χ2v) is 7.18. The first-order chi connectivity index (χ1) is 6.52. The van der Waals surface area contributed by atoms with Gasteiger partial charge < -0.3 is 0 Å². The Morgan fingerprint density at radius 2 is 1.71 bits per heavy atom. The molecule has 0 amide bonds. The molecule has 0 spiro atoms. The molecule has 0 aromatic rings. The lowest BCUT2D eigenvalue weighted by molar-refractivity contribution is 0.201. The molecular weight excluding hydrogens is 192 g/mol. The summed E-state index contributed by atoms with van der Waals surface area (Å²) < 4.78 is 11.8. The van der Waals surface area contributed by atoms with Gasteiger partial charge in [0.25, 0.3) is 0 Å². The van der Waals surface area contributed by atoms with E-state index in [1.165, 1.54) is 19.3 Å². The van der Waals surface area contributed by atoms with E-state index < -0.39 is 10.8 Å². The number of rotatable bonds is 3. The van der Waals surface area contributed by atoms with Crippen molar-refractivity contribution >= 4 is 10.8 Å². The zero-order valence-electron chi connectivity index (χ0n) is 9.95. The minimum absolute atomic E-state index is 0.330. The van der Waals surface area contributed by atoms with Crippen LogP contribution in [0.1, 0.15) is 47.0 Å². The van der Waals surface area contributed by atoms with Crippen molar-refractivity contribution in [3.63, 3.8) is 0 Å². The molecule has 1 rings (SSSR count). The fourth-order valence-corrected chi connectivity index (χ4v) is 3.88. The monoisotopic (exact) mass is 216 g/mol. The maximum atomic E-state index is 11.8. The summed E-state index contributed by atoms with van der Waals surface area (Å²) in [5.74, 6) is 3.19. The van der Waals surface area contributed by atoms with Crippen molar-refractivity contribution in [2.75, 3.05) is 5.75 Å². The van der Waals surface area contributed by atoms with E-state index >= 15 is 0 Å². The molecule has 0 heterocycles. The van der Waals surface area contributed by atoms with Crippen molar-refractivity contribution in [3.8, 4) is 0 Å². The molecular formula is C12H24OS. The first-order valence-corrected chi connectivity index (χ1v) is 7.27. The van der Waals surface area contributed by atoms with Crippen molar-refractivity contribution in [2.24, 2.45) is 17.8 Å². The van der Waals surface area contributed by atoms with Crippen LogP contribution in [-0.2, 0) is 10.8 Å². The Balaban J connectivity index is 2.52. The highest BCUT2D eigenvalue weighted by atomic mass is 32.2. The summed E-state index contributed by atoms with van der Waals surface area (Å²) in [4.78, 5) is 0. The summed E-state index contributed by atoms with van der Waals surface area (Å²) in [5.41, 5.74) is 0. The number of hydrogen-bond donors (Lipinski definition) is 0. The molecule has 84 valence electrons. The molecule has 1 saturated carbocycles. The maximum Gasteiger partial charge on any atom is 0.0291 e. The first-order valence-electron chi connectivity index (χ1n) is 5.89. The molecule has 2 heteroatoms. The molecule has 1 aliphatic carbocycles. The maximum absolute atomic E-state index is 11.8. The summed E-state index contributed by atoms with van der Waals surface area (Å²) in [5, 5.41) is 0.330. The molecule has 0 aliphatic heterocycles. The van der Waals surface area contributed by atoms with E-state index in [1.807, 2.05) is 0 Å². The van der Waals surface area contributed by atoms with Gasteiger partial charge in [-0.3, -0.25) is 4.21 Å². The van der Waals surface area contributed by atoms with Crippen LogP contribution in [0.15, 0.2) is 0 Å². The van der Waals surface area contributed by atoms with Gasteiger partial charge in [0.05, 0.1) is 0 Å².